The van der Waals surface area contributed by atoms with E-state index in [9.17, 15) is 10.2 Å². The maximum atomic E-state index is 10.1. The Hall–Kier alpha value is -1.18. The van der Waals surface area contributed by atoms with Crippen molar-refractivity contribution in [3.63, 3.8) is 0 Å². The van der Waals surface area contributed by atoms with Crippen LogP contribution in [-0.2, 0) is 11.8 Å². The molecule has 3 atom stereocenters. The van der Waals surface area contributed by atoms with Crippen molar-refractivity contribution in [3.05, 3.63) is 23.3 Å². The fourth-order valence-corrected chi connectivity index (χ4v) is 5.18. The summed E-state index contributed by atoms with van der Waals surface area (Å²) < 4.78 is 0. The second-order valence-electron chi connectivity index (χ2n) is 6.47. The van der Waals surface area contributed by atoms with Gasteiger partial charge < -0.3 is 10.2 Å². The molecule has 2 bridgehead atoms. The summed E-state index contributed by atoms with van der Waals surface area (Å²) in [6.45, 7) is 0. The lowest BCUT2D eigenvalue weighted by Gasteiger charge is -2.46. The van der Waals surface area contributed by atoms with Gasteiger partial charge in [-0.05, 0) is 61.0 Å². The van der Waals surface area contributed by atoms with Gasteiger partial charge in [0, 0.05) is 5.56 Å². The standard InChI is InChI=1S/C16H20O2/c17-14-5-4-13-11(15(14)18)9-10-6-8-16(13)7-2-1-3-12(10)16/h4-5,10,12,17-18H,1-3,6-9H2/t10-,12+,16-/m1/s1. The lowest BCUT2D eigenvalue weighted by molar-refractivity contribution is 0.165. The van der Waals surface area contributed by atoms with Gasteiger partial charge in [-0.1, -0.05) is 18.9 Å². The normalized spacial score (nSPS) is 37.1. The smallest absolute Gasteiger partial charge is 0.160 e. The van der Waals surface area contributed by atoms with E-state index in [0.29, 0.717) is 5.41 Å². The van der Waals surface area contributed by atoms with Crippen LogP contribution in [0.5, 0.6) is 11.5 Å². The van der Waals surface area contributed by atoms with Crippen molar-refractivity contribution in [2.24, 2.45) is 11.8 Å². The molecular weight excluding hydrogens is 224 g/mol. The Morgan fingerprint density at radius 1 is 1.06 bits per heavy atom. The highest BCUT2D eigenvalue weighted by atomic mass is 16.3. The van der Waals surface area contributed by atoms with Gasteiger partial charge in [0.15, 0.2) is 11.5 Å². The van der Waals surface area contributed by atoms with E-state index in [0.717, 1.165) is 23.8 Å². The fourth-order valence-electron chi connectivity index (χ4n) is 5.18. The maximum absolute atomic E-state index is 10.1. The number of aromatic hydroxyl groups is 2. The third-order valence-electron chi connectivity index (χ3n) is 5.89. The number of benzene rings is 1. The van der Waals surface area contributed by atoms with E-state index in [1.54, 1.807) is 6.07 Å². The topological polar surface area (TPSA) is 40.5 Å². The average Bonchev–Trinajstić information content (AvgIpc) is 2.68. The van der Waals surface area contributed by atoms with Crippen LogP contribution in [0.25, 0.3) is 0 Å². The summed E-state index contributed by atoms with van der Waals surface area (Å²) in [6.07, 6.45) is 8.92. The number of fused-ring (bicyclic) bond motifs is 1. The second kappa shape index (κ2) is 3.43. The van der Waals surface area contributed by atoms with Gasteiger partial charge in [0.1, 0.15) is 0 Å². The van der Waals surface area contributed by atoms with Crippen LogP contribution in [0, 0.1) is 11.8 Å². The Bertz CT molecular complexity index is 508. The molecular formula is C16H20O2. The van der Waals surface area contributed by atoms with Gasteiger partial charge in [0.2, 0.25) is 0 Å². The molecule has 0 unspecified atom stereocenters. The molecule has 4 rings (SSSR count). The summed E-state index contributed by atoms with van der Waals surface area (Å²) >= 11 is 0. The molecule has 0 spiro atoms. The molecule has 1 aromatic carbocycles. The predicted molar refractivity (Wildman–Crippen MR) is 69.8 cm³/mol. The lowest BCUT2D eigenvalue weighted by Crippen LogP contribution is -2.40. The summed E-state index contributed by atoms with van der Waals surface area (Å²) in [4.78, 5) is 0. The van der Waals surface area contributed by atoms with Gasteiger partial charge >= 0.3 is 0 Å². The van der Waals surface area contributed by atoms with Crippen molar-refractivity contribution in [1.29, 1.82) is 0 Å². The molecule has 18 heavy (non-hydrogen) atoms. The Morgan fingerprint density at radius 2 is 1.94 bits per heavy atom. The van der Waals surface area contributed by atoms with E-state index in [4.69, 9.17) is 0 Å². The summed E-state index contributed by atoms with van der Waals surface area (Å²) in [5, 5.41) is 19.9. The van der Waals surface area contributed by atoms with Crippen LogP contribution < -0.4 is 0 Å². The van der Waals surface area contributed by atoms with Gasteiger partial charge in [-0.15, -0.1) is 0 Å². The van der Waals surface area contributed by atoms with E-state index in [1.807, 2.05) is 0 Å². The third kappa shape index (κ3) is 1.14. The highest BCUT2D eigenvalue weighted by molar-refractivity contribution is 5.54. The van der Waals surface area contributed by atoms with E-state index in [1.165, 1.54) is 44.1 Å². The van der Waals surface area contributed by atoms with Gasteiger partial charge in [-0.2, -0.15) is 0 Å². The first-order valence-electron chi connectivity index (χ1n) is 7.27. The van der Waals surface area contributed by atoms with Crippen molar-refractivity contribution in [2.75, 3.05) is 0 Å². The van der Waals surface area contributed by atoms with Crippen LogP contribution in [0.3, 0.4) is 0 Å². The van der Waals surface area contributed by atoms with Crippen LogP contribution >= 0.6 is 0 Å². The van der Waals surface area contributed by atoms with Gasteiger partial charge in [-0.25, -0.2) is 0 Å². The van der Waals surface area contributed by atoms with E-state index in [-0.39, 0.29) is 11.5 Å². The largest absolute Gasteiger partial charge is 0.504 e. The highest BCUT2D eigenvalue weighted by Gasteiger charge is 2.54. The minimum Gasteiger partial charge on any atom is -0.504 e. The number of phenolic OH excluding ortho intramolecular Hbond substituents is 2. The van der Waals surface area contributed by atoms with Crippen molar-refractivity contribution in [1.82, 2.24) is 0 Å². The first-order valence-corrected chi connectivity index (χ1v) is 7.27. The zero-order valence-electron chi connectivity index (χ0n) is 10.7. The molecule has 0 heterocycles. The minimum atomic E-state index is 0.0545. The molecule has 0 saturated heterocycles. The zero-order chi connectivity index (χ0) is 12.3. The molecule has 2 N–H and O–H groups in total. The van der Waals surface area contributed by atoms with Gasteiger partial charge in [-0.3, -0.25) is 0 Å². The molecule has 3 aliphatic carbocycles. The highest BCUT2D eigenvalue weighted by Crippen LogP contribution is 2.62. The first-order chi connectivity index (χ1) is 8.72. The maximum Gasteiger partial charge on any atom is 0.160 e. The molecule has 0 aromatic heterocycles. The van der Waals surface area contributed by atoms with Crippen LogP contribution in [0.4, 0.5) is 0 Å². The molecule has 1 aromatic rings. The van der Waals surface area contributed by atoms with Crippen LogP contribution in [0.15, 0.2) is 12.1 Å². The Morgan fingerprint density at radius 3 is 2.83 bits per heavy atom. The Labute approximate surface area is 108 Å². The second-order valence-corrected chi connectivity index (χ2v) is 6.47. The monoisotopic (exact) mass is 244 g/mol. The third-order valence-corrected chi connectivity index (χ3v) is 5.89. The molecule has 2 heteroatoms. The van der Waals surface area contributed by atoms with E-state index >= 15 is 0 Å². The molecule has 0 radical (unpaired) electrons. The SMILES string of the molecule is Oc1ccc2c(c1O)C[C@H]1CC[C@@]23CCCC[C@@H]13. The Balaban J connectivity index is 1.94. The van der Waals surface area contributed by atoms with Gasteiger partial charge in [0.05, 0.1) is 0 Å². The van der Waals surface area contributed by atoms with Crippen LogP contribution in [0.1, 0.15) is 49.7 Å². The molecule has 0 amide bonds. The predicted octanol–water partition coefficient (Wildman–Crippen LogP) is 3.49. The first kappa shape index (κ1) is 10.7. The van der Waals surface area contributed by atoms with Crippen LogP contribution in [-0.4, -0.2) is 10.2 Å². The summed E-state index contributed by atoms with van der Waals surface area (Å²) in [6, 6.07) is 3.78. The molecule has 2 fully saturated rings. The van der Waals surface area contributed by atoms with E-state index in [2.05, 4.69) is 6.07 Å². The average molecular weight is 244 g/mol. The summed E-state index contributed by atoms with van der Waals surface area (Å²) in [5.74, 6) is 1.79. The Kier molecular flexibility index (Phi) is 2.04. The van der Waals surface area contributed by atoms with Crippen molar-refractivity contribution < 1.29 is 10.2 Å². The number of phenols is 2. The van der Waals surface area contributed by atoms with Crippen molar-refractivity contribution >= 4 is 0 Å². The summed E-state index contributed by atoms with van der Waals surface area (Å²) in [7, 11) is 0. The number of hydrogen-bond donors (Lipinski definition) is 2. The molecule has 0 aliphatic heterocycles. The van der Waals surface area contributed by atoms with Crippen molar-refractivity contribution in [2.45, 2.75) is 50.4 Å². The van der Waals surface area contributed by atoms with Crippen LogP contribution in [0.2, 0.25) is 0 Å². The number of hydrogen-bond acceptors (Lipinski definition) is 2. The van der Waals surface area contributed by atoms with E-state index < -0.39 is 0 Å². The van der Waals surface area contributed by atoms with Crippen molar-refractivity contribution in [3.8, 4) is 11.5 Å². The fraction of sp³-hybridized carbons (Fsp3) is 0.625. The summed E-state index contributed by atoms with van der Waals surface area (Å²) in [5.41, 5.74) is 2.74. The number of rotatable bonds is 0. The van der Waals surface area contributed by atoms with Gasteiger partial charge in [0.25, 0.3) is 0 Å². The zero-order valence-corrected chi connectivity index (χ0v) is 10.7. The quantitative estimate of drug-likeness (QED) is 0.686. The minimum absolute atomic E-state index is 0.0545. The lowest BCUT2D eigenvalue weighted by atomic mass is 9.58. The molecule has 2 saturated carbocycles. The molecule has 2 nitrogen and oxygen atoms in total. The molecule has 96 valence electrons. The molecule has 3 aliphatic rings.